The summed E-state index contributed by atoms with van der Waals surface area (Å²) in [5.74, 6) is 0.397. The van der Waals surface area contributed by atoms with Crippen LogP contribution < -0.4 is 14.8 Å². The van der Waals surface area contributed by atoms with Crippen molar-refractivity contribution in [2.45, 2.75) is 24.7 Å². The molecule has 2 N–H and O–H groups in total. The topological polar surface area (TPSA) is 94.1 Å². The number of aromatic carboxylic acids is 1. The van der Waals surface area contributed by atoms with E-state index in [1.807, 2.05) is 18.2 Å². The van der Waals surface area contributed by atoms with Crippen LogP contribution in [0, 0.1) is 0 Å². The van der Waals surface area contributed by atoms with Gasteiger partial charge in [-0.05, 0) is 48.2 Å². The average molecular weight is 397 g/mol. The fourth-order valence-electron chi connectivity index (χ4n) is 3.84. The molecule has 2 aromatic rings. The molecule has 0 bridgehead atoms. The van der Waals surface area contributed by atoms with Crippen molar-refractivity contribution in [2.24, 2.45) is 0 Å². The van der Waals surface area contributed by atoms with Gasteiger partial charge in [0.2, 0.25) is 12.7 Å². The van der Waals surface area contributed by atoms with Crippen molar-refractivity contribution < 1.29 is 28.9 Å². The second-order valence-electron chi connectivity index (χ2n) is 7.42. The lowest BCUT2D eigenvalue weighted by Gasteiger charge is -2.38. The van der Waals surface area contributed by atoms with Gasteiger partial charge in [0.1, 0.15) is 0 Å². The van der Waals surface area contributed by atoms with Crippen LogP contribution in [-0.4, -0.2) is 43.5 Å². The molecule has 2 aliphatic rings. The number of carbonyl (C=O) groups excluding carboxylic acids is 1. The lowest BCUT2D eigenvalue weighted by atomic mass is 9.74. The molecule has 0 aromatic heterocycles. The van der Waals surface area contributed by atoms with Crippen LogP contribution in [0.3, 0.4) is 0 Å². The Morgan fingerprint density at radius 3 is 2.45 bits per heavy atom. The summed E-state index contributed by atoms with van der Waals surface area (Å²) >= 11 is 0. The van der Waals surface area contributed by atoms with Gasteiger partial charge in [-0.25, -0.2) is 4.79 Å². The highest BCUT2D eigenvalue weighted by Crippen LogP contribution is 2.40. The van der Waals surface area contributed by atoms with E-state index in [1.165, 1.54) is 12.1 Å². The summed E-state index contributed by atoms with van der Waals surface area (Å²) in [7, 11) is 0. The first kappa shape index (κ1) is 19.3. The zero-order valence-corrected chi connectivity index (χ0v) is 16.0. The Morgan fingerprint density at radius 1 is 1.00 bits per heavy atom. The first-order valence-corrected chi connectivity index (χ1v) is 9.63. The Labute approximate surface area is 168 Å². The van der Waals surface area contributed by atoms with E-state index in [0.29, 0.717) is 19.8 Å². The van der Waals surface area contributed by atoms with Gasteiger partial charge in [-0.2, -0.15) is 0 Å². The maximum absolute atomic E-state index is 12.5. The third-order valence-electron chi connectivity index (χ3n) is 5.62. The molecule has 1 amide bonds. The predicted octanol–water partition coefficient (Wildman–Crippen LogP) is 2.52. The van der Waals surface area contributed by atoms with Crippen LogP contribution >= 0.6 is 0 Å². The Morgan fingerprint density at radius 2 is 1.72 bits per heavy atom. The second-order valence-corrected chi connectivity index (χ2v) is 7.42. The van der Waals surface area contributed by atoms with Crippen LogP contribution in [0.2, 0.25) is 0 Å². The van der Waals surface area contributed by atoms with Crippen molar-refractivity contribution in [1.82, 2.24) is 5.32 Å². The van der Waals surface area contributed by atoms with Crippen LogP contribution in [0.1, 0.15) is 34.3 Å². The van der Waals surface area contributed by atoms with Crippen molar-refractivity contribution in [1.29, 1.82) is 0 Å². The summed E-state index contributed by atoms with van der Waals surface area (Å²) in [5, 5.41) is 12.0. The van der Waals surface area contributed by atoms with E-state index in [2.05, 4.69) is 5.32 Å². The van der Waals surface area contributed by atoms with E-state index in [9.17, 15) is 9.59 Å². The molecule has 29 heavy (non-hydrogen) atoms. The number of hydrogen-bond acceptors (Lipinski definition) is 5. The molecule has 0 saturated carbocycles. The highest BCUT2D eigenvalue weighted by atomic mass is 16.7. The van der Waals surface area contributed by atoms with Gasteiger partial charge < -0.3 is 24.6 Å². The molecule has 2 aromatic carbocycles. The van der Waals surface area contributed by atoms with Crippen molar-refractivity contribution in [3.05, 3.63) is 59.2 Å². The smallest absolute Gasteiger partial charge is 0.335 e. The fourth-order valence-corrected chi connectivity index (χ4v) is 3.84. The molecule has 0 spiro atoms. The molecule has 2 aliphatic heterocycles. The number of nitrogens with one attached hydrogen (secondary N) is 1. The summed E-state index contributed by atoms with van der Waals surface area (Å²) in [6, 6.07) is 12.3. The number of rotatable bonds is 6. The standard InChI is InChI=1S/C22H23NO6/c24-20(11-15-1-3-16(4-2-15)21(25)26)23-13-22(7-9-27-10-8-22)17-5-6-18-19(12-17)29-14-28-18/h1-6,12H,7-11,13-14H2,(H,23,24)(H,25,26). The summed E-state index contributed by atoms with van der Waals surface area (Å²) in [5.41, 5.74) is 1.87. The lowest BCUT2D eigenvalue weighted by molar-refractivity contribution is -0.121. The van der Waals surface area contributed by atoms with Gasteiger partial charge in [-0.15, -0.1) is 0 Å². The van der Waals surface area contributed by atoms with E-state index in [-0.39, 0.29) is 30.1 Å². The van der Waals surface area contributed by atoms with Crippen molar-refractivity contribution >= 4 is 11.9 Å². The quantitative estimate of drug-likeness (QED) is 0.778. The molecule has 7 nitrogen and oxygen atoms in total. The number of ether oxygens (including phenoxy) is 3. The molecule has 7 heteroatoms. The highest BCUT2D eigenvalue weighted by molar-refractivity contribution is 5.87. The maximum atomic E-state index is 12.5. The van der Waals surface area contributed by atoms with E-state index >= 15 is 0 Å². The summed E-state index contributed by atoms with van der Waals surface area (Å²) in [6.07, 6.45) is 1.81. The number of fused-ring (bicyclic) bond motifs is 1. The highest BCUT2D eigenvalue weighted by Gasteiger charge is 2.36. The van der Waals surface area contributed by atoms with Gasteiger partial charge >= 0.3 is 5.97 Å². The lowest BCUT2D eigenvalue weighted by Crippen LogP contribution is -2.45. The maximum Gasteiger partial charge on any atom is 0.335 e. The largest absolute Gasteiger partial charge is 0.478 e. The Hall–Kier alpha value is -3.06. The van der Waals surface area contributed by atoms with Gasteiger partial charge in [0.15, 0.2) is 11.5 Å². The minimum atomic E-state index is -0.980. The molecule has 4 rings (SSSR count). The van der Waals surface area contributed by atoms with E-state index in [0.717, 1.165) is 35.5 Å². The Kier molecular flexibility index (Phi) is 5.40. The Balaban J connectivity index is 1.44. The number of benzene rings is 2. The molecule has 1 fully saturated rings. The van der Waals surface area contributed by atoms with Crippen LogP contribution in [0.15, 0.2) is 42.5 Å². The third kappa shape index (κ3) is 4.19. The second kappa shape index (κ2) is 8.13. The van der Waals surface area contributed by atoms with Crippen molar-refractivity contribution in [3.8, 4) is 11.5 Å². The van der Waals surface area contributed by atoms with E-state index < -0.39 is 5.97 Å². The zero-order chi connectivity index (χ0) is 20.3. The molecule has 1 saturated heterocycles. The SMILES string of the molecule is O=C(Cc1ccc(C(=O)O)cc1)NCC1(c2ccc3c(c2)OCO3)CCOCC1. The first-order valence-electron chi connectivity index (χ1n) is 9.63. The van der Waals surface area contributed by atoms with Crippen LogP contribution in [-0.2, 0) is 21.4 Å². The van der Waals surface area contributed by atoms with Crippen LogP contribution in [0.25, 0.3) is 0 Å². The van der Waals surface area contributed by atoms with Gasteiger partial charge in [-0.1, -0.05) is 18.2 Å². The molecule has 0 unspecified atom stereocenters. The molecule has 2 heterocycles. The zero-order valence-electron chi connectivity index (χ0n) is 16.0. The molecule has 0 radical (unpaired) electrons. The van der Waals surface area contributed by atoms with Crippen LogP contribution in [0.4, 0.5) is 0 Å². The predicted molar refractivity (Wildman–Crippen MR) is 104 cm³/mol. The van der Waals surface area contributed by atoms with Crippen molar-refractivity contribution in [2.75, 3.05) is 26.6 Å². The Bertz CT molecular complexity index is 902. The van der Waals surface area contributed by atoms with Gasteiger partial charge in [-0.3, -0.25) is 4.79 Å². The number of carboxylic acid groups (broad SMARTS) is 1. The molecular formula is C22H23NO6. The molecule has 0 aliphatic carbocycles. The summed E-state index contributed by atoms with van der Waals surface area (Å²) < 4.78 is 16.5. The average Bonchev–Trinajstić information content (AvgIpc) is 3.21. The normalized spacial score (nSPS) is 17.0. The summed E-state index contributed by atoms with van der Waals surface area (Å²) in [4.78, 5) is 23.5. The minimum absolute atomic E-state index is 0.0975. The fraction of sp³-hybridized carbons (Fsp3) is 0.364. The van der Waals surface area contributed by atoms with E-state index in [1.54, 1.807) is 12.1 Å². The van der Waals surface area contributed by atoms with Crippen molar-refractivity contribution in [3.63, 3.8) is 0 Å². The number of hydrogen-bond donors (Lipinski definition) is 2. The van der Waals surface area contributed by atoms with Gasteiger partial charge in [0, 0.05) is 25.2 Å². The number of carbonyl (C=O) groups is 2. The van der Waals surface area contributed by atoms with Gasteiger partial charge in [0.25, 0.3) is 0 Å². The third-order valence-corrected chi connectivity index (χ3v) is 5.62. The van der Waals surface area contributed by atoms with E-state index in [4.69, 9.17) is 19.3 Å². The molecule has 0 atom stereocenters. The minimum Gasteiger partial charge on any atom is -0.478 e. The molecular weight excluding hydrogens is 374 g/mol. The van der Waals surface area contributed by atoms with Crippen LogP contribution in [0.5, 0.6) is 11.5 Å². The number of amides is 1. The molecule has 152 valence electrons. The monoisotopic (exact) mass is 397 g/mol. The number of carboxylic acids is 1. The summed E-state index contributed by atoms with van der Waals surface area (Å²) in [6.45, 7) is 2.01. The van der Waals surface area contributed by atoms with Gasteiger partial charge in [0.05, 0.1) is 12.0 Å². The first-order chi connectivity index (χ1) is 14.1.